The number of hydrogen-bond acceptors (Lipinski definition) is 5. The van der Waals surface area contributed by atoms with Crippen molar-refractivity contribution in [3.05, 3.63) is 0 Å². The molecule has 1 fully saturated rings. The number of nitrogens with two attached hydrogens (primary N) is 1. The van der Waals surface area contributed by atoms with Crippen LogP contribution in [-0.2, 0) is 4.79 Å². The molecule has 1 heterocycles. The second-order valence-corrected chi connectivity index (χ2v) is 4.47. The van der Waals surface area contributed by atoms with Crippen LogP contribution in [-0.4, -0.2) is 73.1 Å². The van der Waals surface area contributed by atoms with E-state index in [2.05, 4.69) is 27.3 Å². The van der Waals surface area contributed by atoms with Crippen molar-refractivity contribution >= 4 is 11.7 Å². The molecule has 1 saturated heterocycles. The van der Waals surface area contributed by atoms with Gasteiger partial charge in [-0.3, -0.25) is 9.69 Å². The fraction of sp³-hybridized carbons (Fsp3) is 0.800. The highest BCUT2D eigenvalue weighted by Gasteiger charge is 2.22. The summed E-state index contributed by atoms with van der Waals surface area (Å²) in [7, 11) is 4.12. The van der Waals surface area contributed by atoms with Crippen molar-refractivity contribution in [1.29, 1.82) is 0 Å². The zero-order valence-electron chi connectivity index (χ0n) is 10.4. The van der Waals surface area contributed by atoms with Crippen molar-refractivity contribution in [2.75, 3.05) is 40.3 Å². The predicted molar refractivity (Wildman–Crippen MR) is 65.0 cm³/mol. The summed E-state index contributed by atoms with van der Waals surface area (Å²) in [5.74, 6) is -0.293. The van der Waals surface area contributed by atoms with Crippen LogP contribution in [0, 0.1) is 0 Å². The summed E-state index contributed by atoms with van der Waals surface area (Å²) in [6.07, 6.45) is -0.0667. The molecule has 7 nitrogen and oxygen atoms in total. The molecule has 0 bridgehead atoms. The summed E-state index contributed by atoms with van der Waals surface area (Å²) >= 11 is 0. The molecule has 0 radical (unpaired) electrons. The number of amidine groups is 1. The number of carbonyl (C=O) groups excluding carboxylic acids is 1. The maximum atomic E-state index is 11.4. The van der Waals surface area contributed by atoms with Crippen molar-refractivity contribution in [2.24, 2.45) is 10.9 Å². The van der Waals surface area contributed by atoms with Crippen LogP contribution in [0.4, 0.5) is 0 Å². The summed E-state index contributed by atoms with van der Waals surface area (Å²) in [6, 6.07) is 0.310. The van der Waals surface area contributed by atoms with Gasteiger partial charge in [-0.15, -0.1) is 0 Å². The molecule has 0 aromatic carbocycles. The van der Waals surface area contributed by atoms with Gasteiger partial charge in [0.25, 0.3) is 0 Å². The van der Waals surface area contributed by atoms with Gasteiger partial charge in [-0.05, 0) is 14.1 Å². The maximum Gasteiger partial charge on any atom is 0.227 e. The molecule has 0 spiro atoms. The molecule has 4 N–H and O–H groups in total. The average Bonchev–Trinajstić information content (AvgIpc) is 2.30. The minimum absolute atomic E-state index is 0.0667. The number of amides is 1. The highest BCUT2D eigenvalue weighted by molar-refractivity contribution is 5.98. The third-order valence-corrected chi connectivity index (χ3v) is 2.99. The molecule has 1 amide bonds. The van der Waals surface area contributed by atoms with Gasteiger partial charge in [-0.1, -0.05) is 5.16 Å². The zero-order chi connectivity index (χ0) is 12.8. The second-order valence-electron chi connectivity index (χ2n) is 4.47. The molecule has 17 heavy (non-hydrogen) atoms. The number of likely N-dealkylation sites (N-methyl/N-ethyl adjacent to an activating group) is 2. The number of nitrogens with one attached hydrogen (secondary N) is 1. The summed E-state index contributed by atoms with van der Waals surface area (Å²) in [4.78, 5) is 15.9. The normalized spacial score (nSPS) is 23.6. The Morgan fingerprint density at radius 1 is 1.53 bits per heavy atom. The first-order chi connectivity index (χ1) is 8.02. The van der Waals surface area contributed by atoms with E-state index in [1.807, 2.05) is 7.05 Å². The van der Waals surface area contributed by atoms with E-state index in [0.717, 1.165) is 19.6 Å². The third-order valence-electron chi connectivity index (χ3n) is 2.99. The molecule has 0 saturated carbocycles. The maximum absolute atomic E-state index is 11.4. The summed E-state index contributed by atoms with van der Waals surface area (Å²) < 4.78 is 0. The van der Waals surface area contributed by atoms with Gasteiger partial charge in [0.1, 0.15) is 5.84 Å². The second kappa shape index (κ2) is 6.41. The molecule has 1 rings (SSSR count). The zero-order valence-corrected chi connectivity index (χ0v) is 10.4. The molecule has 1 aliphatic heterocycles. The fourth-order valence-corrected chi connectivity index (χ4v) is 1.82. The number of piperazine rings is 1. The Labute approximate surface area is 101 Å². The smallest absolute Gasteiger partial charge is 0.227 e. The average molecular weight is 243 g/mol. The third kappa shape index (κ3) is 4.58. The van der Waals surface area contributed by atoms with Crippen LogP contribution < -0.4 is 11.1 Å². The van der Waals surface area contributed by atoms with E-state index in [4.69, 9.17) is 10.9 Å². The Hall–Kier alpha value is -1.34. The summed E-state index contributed by atoms with van der Waals surface area (Å²) in [5, 5.41) is 13.9. The lowest BCUT2D eigenvalue weighted by Crippen LogP contribution is -2.54. The minimum atomic E-state index is -0.220. The Bertz CT molecular complexity index is 294. The molecule has 1 atom stereocenters. The van der Waals surface area contributed by atoms with Crippen LogP contribution in [0.1, 0.15) is 6.42 Å². The van der Waals surface area contributed by atoms with Crippen LogP contribution in [0.15, 0.2) is 5.16 Å². The fourth-order valence-electron chi connectivity index (χ4n) is 1.82. The van der Waals surface area contributed by atoms with Crippen LogP contribution >= 0.6 is 0 Å². The van der Waals surface area contributed by atoms with E-state index >= 15 is 0 Å². The first-order valence-electron chi connectivity index (χ1n) is 5.64. The van der Waals surface area contributed by atoms with Gasteiger partial charge in [0.15, 0.2) is 0 Å². The van der Waals surface area contributed by atoms with E-state index in [1.165, 1.54) is 0 Å². The van der Waals surface area contributed by atoms with Crippen LogP contribution in [0.25, 0.3) is 0 Å². The Morgan fingerprint density at radius 3 is 2.88 bits per heavy atom. The highest BCUT2D eigenvalue weighted by atomic mass is 16.4. The van der Waals surface area contributed by atoms with Crippen molar-refractivity contribution in [3.63, 3.8) is 0 Å². The van der Waals surface area contributed by atoms with E-state index in [9.17, 15) is 4.79 Å². The van der Waals surface area contributed by atoms with Crippen LogP contribution in [0.3, 0.4) is 0 Å². The first-order valence-corrected chi connectivity index (χ1v) is 5.64. The Kier molecular flexibility index (Phi) is 5.17. The highest BCUT2D eigenvalue weighted by Crippen LogP contribution is 2.04. The van der Waals surface area contributed by atoms with Crippen molar-refractivity contribution in [3.8, 4) is 0 Å². The van der Waals surface area contributed by atoms with Crippen molar-refractivity contribution < 1.29 is 10.0 Å². The Morgan fingerprint density at radius 2 is 2.24 bits per heavy atom. The topological polar surface area (TPSA) is 94.2 Å². The summed E-state index contributed by atoms with van der Waals surface area (Å²) in [5.41, 5.74) is 5.25. The van der Waals surface area contributed by atoms with E-state index < -0.39 is 0 Å². The molecule has 7 heteroatoms. The van der Waals surface area contributed by atoms with Gasteiger partial charge < -0.3 is 21.2 Å². The van der Waals surface area contributed by atoms with Gasteiger partial charge in [0.2, 0.25) is 5.91 Å². The molecule has 98 valence electrons. The molecule has 1 aliphatic rings. The number of hydrogen-bond donors (Lipinski definition) is 3. The summed E-state index contributed by atoms with van der Waals surface area (Å²) in [6.45, 7) is 3.56. The standard InChI is InChI=1S/C10H21N5O2/c1-14-3-4-15(2)8(7-14)6-12-10(16)5-9(11)13-17/h8,17H,3-7H2,1-2H3,(H2,11,13)(H,12,16). The lowest BCUT2D eigenvalue weighted by atomic mass is 10.2. The SMILES string of the molecule is CN1CCN(C)C(CNC(=O)CC(N)=NO)C1. The van der Waals surface area contributed by atoms with Gasteiger partial charge in [-0.2, -0.15) is 0 Å². The lowest BCUT2D eigenvalue weighted by molar-refractivity contribution is -0.120. The van der Waals surface area contributed by atoms with Gasteiger partial charge in [-0.25, -0.2) is 0 Å². The lowest BCUT2D eigenvalue weighted by Gasteiger charge is -2.37. The molecule has 0 aromatic rings. The van der Waals surface area contributed by atoms with Gasteiger partial charge in [0, 0.05) is 32.2 Å². The number of rotatable bonds is 4. The quantitative estimate of drug-likeness (QED) is 0.241. The number of oxime groups is 1. The predicted octanol–water partition coefficient (Wildman–Crippen LogP) is -1.52. The van der Waals surface area contributed by atoms with E-state index in [-0.39, 0.29) is 18.2 Å². The molecular weight excluding hydrogens is 222 g/mol. The minimum Gasteiger partial charge on any atom is -0.409 e. The molecule has 0 aliphatic carbocycles. The first kappa shape index (κ1) is 13.7. The van der Waals surface area contributed by atoms with Crippen LogP contribution in [0.2, 0.25) is 0 Å². The van der Waals surface area contributed by atoms with Gasteiger partial charge in [0.05, 0.1) is 6.42 Å². The van der Waals surface area contributed by atoms with E-state index in [1.54, 1.807) is 0 Å². The van der Waals surface area contributed by atoms with Crippen molar-refractivity contribution in [1.82, 2.24) is 15.1 Å². The molecule has 0 aromatic heterocycles. The number of carbonyl (C=O) groups is 1. The monoisotopic (exact) mass is 243 g/mol. The van der Waals surface area contributed by atoms with Crippen LogP contribution in [0.5, 0.6) is 0 Å². The van der Waals surface area contributed by atoms with E-state index in [0.29, 0.717) is 12.6 Å². The molecule has 1 unspecified atom stereocenters. The largest absolute Gasteiger partial charge is 0.409 e. The number of nitrogens with zero attached hydrogens (tertiary/aromatic N) is 3. The molecular formula is C10H21N5O2. The van der Waals surface area contributed by atoms with Crippen molar-refractivity contribution in [2.45, 2.75) is 12.5 Å². The Balaban J connectivity index is 2.31. The van der Waals surface area contributed by atoms with Gasteiger partial charge >= 0.3 is 0 Å².